The number of amides is 1. The fourth-order valence-electron chi connectivity index (χ4n) is 3.16. The summed E-state index contributed by atoms with van der Waals surface area (Å²) in [7, 11) is 0. The highest BCUT2D eigenvalue weighted by molar-refractivity contribution is 9.10. The third kappa shape index (κ3) is 3.61. The van der Waals surface area contributed by atoms with Crippen LogP contribution < -0.4 is 4.90 Å². The number of rotatable bonds is 4. The molecule has 8 heteroatoms. The standard InChI is InChI=1S/C22H16BrFN4O2/c1-13-7-8-17(24)15(11-13)21-20(18-9-10-25-12-26-18)22(30-27-21)28(14(2)29)19-6-4-3-5-16(19)23/h3-12H,1-2H3. The molecule has 4 rings (SSSR count). The molecule has 2 heterocycles. The van der Waals surface area contributed by atoms with Gasteiger partial charge in [0.2, 0.25) is 11.8 Å². The average Bonchev–Trinajstić information content (AvgIpc) is 3.16. The highest BCUT2D eigenvalue weighted by Crippen LogP contribution is 2.43. The molecule has 0 atom stereocenters. The van der Waals surface area contributed by atoms with Crippen LogP contribution in [0.3, 0.4) is 0 Å². The normalized spacial score (nSPS) is 10.8. The molecule has 0 aliphatic carbocycles. The van der Waals surface area contributed by atoms with Gasteiger partial charge in [0, 0.05) is 23.2 Å². The Kier molecular flexibility index (Phi) is 5.41. The van der Waals surface area contributed by atoms with Crippen molar-refractivity contribution in [1.29, 1.82) is 0 Å². The highest BCUT2D eigenvalue weighted by Gasteiger charge is 2.30. The Morgan fingerprint density at radius 3 is 2.67 bits per heavy atom. The van der Waals surface area contributed by atoms with Crippen LogP contribution in [0.2, 0.25) is 0 Å². The van der Waals surface area contributed by atoms with Crippen LogP contribution in [-0.4, -0.2) is 21.0 Å². The molecule has 0 unspecified atom stereocenters. The fraction of sp³-hybridized carbons (Fsp3) is 0.0909. The van der Waals surface area contributed by atoms with Crippen molar-refractivity contribution in [1.82, 2.24) is 15.1 Å². The van der Waals surface area contributed by atoms with Crippen LogP contribution in [0.25, 0.3) is 22.5 Å². The summed E-state index contributed by atoms with van der Waals surface area (Å²) in [6.07, 6.45) is 2.94. The van der Waals surface area contributed by atoms with E-state index in [1.165, 1.54) is 24.2 Å². The molecule has 0 N–H and O–H groups in total. The molecule has 0 aliphatic heterocycles. The first-order chi connectivity index (χ1) is 14.5. The quantitative estimate of drug-likeness (QED) is 0.386. The van der Waals surface area contributed by atoms with Gasteiger partial charge in [-0.3, -0.25) is 4.79 Å². The monoisotopic (exact) mass is 466 g/mol. The second-order valence-electron chi connectivity index (χ2n) is 6.60. The van der Waals surface area contributed by atoms with Crippen molar-refractivity contribution in [2.24, 2.45) is 0 Å². The molecule has 2 aromatic carbocycles. The summed E-state index contributed by atoms with van der Waals surface area (Å²) in [5.41, 5.74) is 2.78. The summed E-state index contributed by atoms with van der Waals surface area (Å²) in [6, 6.07) is 13.6. The lowest BCUT2D eigenvalue weighted by Crippen LogP contribution is -2.23. The SMILES string of the molecule is CC(=O)N(c1ccccc1Br)c1onc(-c2cc(C)ccc2F)c1-c1ccncn1. The third-order valence-corrected chi connectivity index (χ3v) is 5.17. The topological polar surface area (TPSA) is 72.1 Å². The Morgan fingerprint density at radius 1 is 1.17 bits per heavy atom. The maximum absolute atomic E-state index is 14.7. The largest absolute Gasteiger partial charge is 0.336 e. The molecule has 30 heavy (non-hydrogen) atoms. The number of para-hydroxylation sites is 1. The molecule has 2 aromatic heterocycles. The molecule has 6 nitrogen and oxygen atoms in total. The van der Waals surface area contributed by atoms with Crippen molar-refractivity contribution >= 4 is 33.4 Å². The minimum atomic E-state index is -0.453. The number of aryl methyl sites for hydroxylation is 1. The van der Waals surface area contributed by atoms with Crippen molar-refractivity contribution in [3.63, 3.8) is 0 Å². The zero-order valence-corrected chi connectivity index (χ0v) is 17.7. The lowest BCUT2D eigenvalue weighted by Gasteiger charge is -2.20. The molecule has 150 valence electrons. The predicted molar refractivity (Wildman–Crippen MR) is 115 cm³/mol. The van der Waals surface area contributed by atoms with Gasteiger partial charge in [-0.15, -0.1) is 0 Å². The average molecular weight is 467 g/mol. The van der Waals surface area contributed by atoms with Crippen LogP contribution in [0, 0.1) is 12.7 Å². The first-order valence-electron chi connectivity index (χ1n) is 9.05. The first kappa shape index (κ1) is 19.9. The number of nitrogens with zero attached hydrogens (tertiary/aromatic N) is 4. The van der Waals surface area contributed by atoms with Gasteiger partial charge in [-0.1, -0.05) is 28.9 Å². The van der Waals surface area contributed by atoms with Crippen molar-refractivity contribution in [2.45, 2.75) is 13.8 Å². The zero-order chi connectivity index (χ0) is 21.3. The summed E-state index contributed by atoms with van der Waals surface area (Å²) in [6.45, 7) is 3.27. The van der Waals surface area contributed by atoms with Gasteiger partial charge in [-0.25, -0.2) is 19.3 Å². The van der Waals surface area contributed by atoms with Crippen molar-refractivity contribution in [2.75, 3.05) is 4.90 Å². The highest BCUT2D eigenvalue weighted by atomic mass is 79.9. The molecule has 0 aliphatic rings. The van der Waals surface area contributed by atoms with Gasteiger partial charge >= 0.3 is 0 Å². The van der Waals surface area contributed by atoms with Gasteiger partial charge in [0.15, 0.2) is 0 Å². The van der Waals surface area contributed by atoms with Gasteiger partial charge in [-0.2, -0.15) is 0 Å². The van der Waals surface area contributed by atoms with Crippen LogP contribution in [-0.2, 0) is 4.79 Å². The predicted octanol–water partition coefficient (Wildman–Crippen LogP) is 5.69. The van der Waals surface area contributed by atoms with E-state index in [9.17, 15) is 9.18 Å². The number of hydrogen-bond acceptors (Lipinski definition) is 5. The summed E-state index contributed by atoms with van der Waals surface area (Å²) in [5, 5.41) is 4.14. The maximum atomic E-state index is 14.7. The summed E-state index contributed by atoms with van der Waals surface area (Å²) in [4.78, 5) is 22.3. The Hall–Kier alpha value is -3.39. The second kappa shape index (κ2) is 8.16. The van der Waals surface area contributed by atoms with Gasteiger partial charge in [0.1, 0.15) is 17.8 Å². The number of carbonyl (C=O) groups excluding carboxylic acids is 1. The maximum Gasteiger partial charge on any atom is 0.248 e. The fourth-order valence-corrected chi connectivity index (χ4v) is 3.63. The van der Waals surface area contributed by atoms with Gasteiger partial charge in [0.05, 0.1) is 16.9 Å². The smallest absolute Gasteiger partial charge is 0.248 e. The van der Waals surface area contributed by atoms with Crippen LogP contribution in [0.15, 0.2) is 70.1 Å². The van der Waals surface area contributed by atoms with Crippen LogP contribution in [0.4, 0.5) is 16.0 Å². The van der Waals surface area contributed by atoms with E-state index in [-0.39, 0.29) is 23.0 Å². The molecule has 0 radical (unpaired) electrons. The number of carbonyl (C=O) groups is 1. The van der Waals surface area contributed by atoms with E-state index in [4.69, 9.17) is 4.52 Å². The number of anilines is 2. The molecule has 1 amide bonds. The number of hydrogen-bond donors (Lipinski definition) is 0. The Balaban J connectivity index is 2.01. The summed E-state index contributed by atoms with van der Waals surface area (Å²) in [5.74, 6) is -0.611. The van der Waals surface area contributed by atoms with E-state index in [0.29, 0.717) is 21.4 Å². The summed E-state index contributed by atoms with van der Waals surface area (Å²) < 4.78 is 21.0. The van der Waals surface area contributed by atoms with E-state index in [0.717, 1.165) is 5.56 Å². The van der Waals surface area contributed by atoms with E-state index >= 15 is 0 Å². The van der Waals surface area contributed by atoms with Crippen LogP contribution >= 0.6 is 15.9 Å². The number of halogens is 2. The molecule has 0 spiro atoms. The minimum Gasteiger partial charge on any atom is -0.336 e. The van der Waals surface area contributed by atoms with Crippen LogP contribution in [0.5, 0.6) is 0 Å². The van der Waals surface area contributed by atoms with Crippen molar-refractivity contribution in [3.05, 3.63) is 76.9 Å². The Labute approximate surface area is 180 Å². The molecular weight excluding hydrogens is 451 g/mol. The number of aromatic nitrogens is 3. The second-order valence-corrected chi connectivity index (χ2v) is 7.45. The number of benzene rings is 2. The third-order valence-electron chi connectivity index (χ3n) is 4.50. The molecule has 0 bridgehead atoms. The zero-order valence-electron chi connectivity index (χ0n) is 16.1. The molecular formula is C22H16BrFN4O2. The minimum absolute atomic E-state index is 0.143. The molecule has 4 aromatic rings. The lowest BCUT2D eigenvalue weighted by molar-refractivity contribution is -0.116. The van der Waals surface area contributed by atoms with E-state index in [1.54, 1.807) is 36.5 Å². The molecule has 0 saturated heterocycles. The molecule has 0 fully saturated rings. The Morgan fingerprint density at radius 2 is 1.97 bits per heavy atom. The van der Waals surface area contributed by atoms with Crippen molar-refractivity contribution < 1.29 is 13.7 Å². The molecule has 0 saturated carbocycles. The van der Waals surface area contributed by atoms with Crippen molar-refractivity contribution in [3.8, 4) is 22.5 Å². The Bertz CT molecular complexity index is 1230. The van der Waals surface area contributed by atoms with E-state index in [1.807, 2.05) is 19.1 Å². The van der Waals surface area contributed by atoms with E-state index in [2.05, 4.69) is 31.1 Å². The van der Waals surface area contributed by atoms with Gasteiger partial charge in [-0.05, 0) is 53.2 Å². The van der Waals surface area contributed by atoms with E-state index < -0.39 is 5.82 Å². The lowest BCUT2D eigenvalue weighted by atomic mass is 10.0. The van der Waals surface area contributed by atoms with Crippen LogP contribution in [0.1, 0.15) is 12.5 Å². The van der Waals surface area contributed by atoms with Gasteiger partial charge in [0.25, 0.3) is 0 Å². The van der Waals surface area contributed by atoms with Gasteiger partial charge < -0.3 is 4.52 Å². The summed E-state index contributed by atoms with van der Waals surface area (Å²) >= 11 is 3.47. The first-order valence-corrected chi connectivity index (χ1v) is 9.84.